The summed E-state index contributed by atoms with van der Waals surface area (Å²) in [6.45, 7) is 6.87. The minimum Gasteiger partial charge on any atom is -0.489 e. The molecule has 0 amide bonds. The molecule has 2 atom stereocenters. The molecule has 0 spiro atoms. The van der Waals surface area contributed by atoms with Crippen LogP contribution >= 0.6 is 0 Å². The van der Waals surface area contributed by atoms with Crippen LogP contribution in [0.4, 0.5) is 0 Å². The molecular formula is C15H23NO2. The van der Waals surface area contributed by atoms with Gasteiger partial charge in [0.25, 0.3) is 0 Å². The number of hydrogen-bond acceptors (Lipinski definition) is 3. The van der Waals surface area contributed by atoms with Crippen LogP contribution < -0.4 is 10.1 Å². The largest absolute Gasteiger partial charge is 0.489 e. The van der Waals surface area contributed by atoms with Crippen LogP contribution in [0.3, 0.4) is 0 Å². The minimum atomic E-state index is 0.175. The Morgan fingerprint density at radius 3 is 2.83 bits per heavy atom. The Balaban J connectivity index is 1.65. The lowest BCUT2D eigenvalue weighted by Crippen LogP contribution is -2.34. The maximum absolute atomic E-state index is 5.83. The van der Waals surface area contributed by atoms with E-state index in [1.807, 2.05) is 12.1 Å². The molecule has 1 aliphatic heterocycles. The number of nitrogens with one attached hydrogen (secondary N) is 1. The number of aryl methyl sites for hydroxylation is 1. The molecule has 2 rings (SSSR count). The van der Waals surface area contributed by atoms with Crippen molar-refractivity contribution in [1.82, 2.24) is 5.32 Å². The maximum atomic E-state index is 5.83. The van der Waals surface area contributed by atoms with Gasteiger partial charge < -0.3 is 14.8 Å². The molecular weight excluding hydrogens is 226 g/mol. The van der Waals surface area contributed by atoms with E-state index < -0.39 is 0 Å². The third-order valence-corrected chi connectivity index (χ3v) is 3.19. The minimum absolute atomic E-state index is 0.175. The first-order chi connectivity index (χ1) is 8.74. The van der Waals surface area contributed by atoms with E-state index in [2.05, 4.69) is 31.3 Å². The highest BCUT2D eigenvalue weighted by molar-refractivity contribution is 5.26. The van der Waals surface area contributed by atoms with E-state index in [0.717, 1.165) is 25.4 Å². The molecule has 1 aromatic rings. The van der Waals surface area contributed by atoms with Gasteiger partial charge in [-0.05, 0) is 38.8 Å². The van der Waals surface area contributed by atoms with Crippen molar-refractivity contribution in [2.24, 2.45) is 0 Å². The van der Waals surface area contributed by atoms with Gasteiger partial charge in [0.1, 0.15) is 11.9 Å². The number of ether oxygens (including phenoxy) is 2. The predicted molar refractivity (Wildman–Crippen MR) is 73.1 cm³/mol. The molecule has 3 heteroatoms. The van der Waals surface area contributed by atoms with E-state index in [1.54, 1.807) is 0 Å². The van der Waals surface area contributed by atoms with Crippen molar-refractivity contribution >= 4 is 0 Å². The molecule has 0 bridgehead atoms. The topological polar surface area (TPSA) is 30.5 Å². The van der Waals surface area contributed by atoms with E-state index in [1.165, 1.54) is 18.4 Å². The molecule has 18 heavy (non-hydrogen) atoms. The zero-order valence-corrected chi connectivity index (χ0v) is 11.3. The van der Waals surface area contributed by atoms with Crippen molar-refractivity contribution in [3.05, 3.63) is 29.8 Å². The molecule has 0 radical (unpaired) electrons. The van der Waals surface area contributed by atoms with E-state index >= 15 is 0 Å². The normalized spacial score (nSPS) is 20.9. The molecule has 1 heterocycles. The molecule has 1 fully saturated rings. The lowest BCUT2D eigenvalue weighted by atomic mass is 10.2. The second-order valence-electron chi connectivity index (χ2n) is 5.03. The Labute approximate surface area is 109 Å². The van der Waals surface area contributed by atoms with E-state index in [-0.39, 0.29) is 6.10 Å². The zero-order valence-electron chi connectivity index (χ0n) is 11.3. The highest BCUT2D eigenvalue weighted by atomic mass is 16.5. The summed E-state index contributed by atoms with van der Waals surface area (Å²) in [7, 11) is 0. The fourth-order valence-electron chi connectivity index (χ4n) is 2.14. The van der Waals surface area contributed by atoms with Gasteiger partial charge in [-0.15, -0.1) is 0 Å². The van der Waals surface area contributed by atoms with E-state index in [4.69, 9.17) is 9.47 Å². The van der Waals surface area contributed by atoms with Crippen molar-refractivity contribution in [2.45, 2.75) is 38.9 Å². The molecule has 100 valence electrons. The number of rotatable bonds is 6. The summed E-state index contributed by atoms with van der Waals surface area (Å²) in [4.78, 5) is 0. The van der Waals surface area contributed by atoms with Gasteiger partial charge in [0.15, 0.2) is 0 Å². The van der Waals surface area contributed by atoms with Crippen molar-refractivity contribution in [1.29, 1.82) is 0 Å². The number of benzene rings is 1. The standard InChI is InChI=1S/C15H23NO2/c1-12-5-7-14(8-6-12)18-13(2)10-16-11-15-4-3-9-17-15/h5-8,13,15-16H,3-4,9-11H2,1-2H3. The average molecular weight is 249 g/mol. The third-order valence-electron chi connectivity index (χ3n) is 3.19. The molecule has 1 aliphatic rings. The van der Waals surface area contributed by atoms with Crippen LogP contribution in [-0.2, 0) is 4.74 Å². The van der Waals surface area contributed by atoms with Gasteiger partial charge in [0, 0.05) is 19.7 Å². The first kappa shape index (κ1) is 13.4. The van der Waals surface area contributed by atoms with Gasteiger partial charge in [-0.2, -0.15) is 0 Å². The number of hydrogen-bond donors (Lipinski definition) is 1. The van der Waals surface area contributed by atoms with Gasteiger partial charge in [0.05, 0.1) is 6.10 Å². The summed E-state index contributed by atoms with van der Waals surface area (Å²) in [6, 6.07) is 8.18. The highest BCUT2D eigenvalue weighted by Crippen LogP contribution is 2.13. The average Bonchev–Trinajstić information content (AvgIpc) is 2.85. The van der Waals surface area contributed by atoms with E-state index in [0.29, 0.717) is 6.10 Å². The monoisotopic (exact) mass is 249 g/mol. The quantitative estimate of drug-likeness (QED) is 0.840. The van der Waals surface area contributed by atoms with Crippen LogP contribution in [0.25, 0.3) is 0 Å². The van der Waals surface area contributed by atoms with Crippen LogP contribution in [-0.4, -0.2) is 31.9 Å². The van der Waals surface area contributed by atoms with Crippen molar-refractivity contribution < 1.29 is 9.47 Å². The lowest BCUT2D eigenvalue weighted by molar-refractivity contribution is 0.106. The van der Waals surface area contributed by atoms with Gasteiger partial charge in [-0.1, -0.05) is 17.7 Å². The SMILES string of the molecule is Cc1ccc(OC(C)CNCC2CCCO2)cc1. The summed E-state index contributed by atoms with van der Waals surface area (Å²) < 4.78 is 11.4. The van der Waals surface area contributed by atoms with Crippen LogP contribution in [0, 0.1) is 6.92 Å². The predicted octanol–water partition coefficient (Wildman–Crippen LogP) is 2.53. The molecule has 1 saturated heterocycles. The summed E-state index contributed by atoms with van der Waals surface area (Å²) >= 11 is 0. The van der Waals surface area contributed by atoms with Crippen LogP contribution in [0.15, 0.2) is 24.3 Å². The fourth-order valence-corrected chi connectivity index (χ4v) is 2.14. The van der Waals surface area contributed by atoms with Gasteiger partial charge in [0.2, 0.25) is 0 Å². The van der Waals surface area contributed by atoms with Crippen molar-refractivity contribution in [3.8, 4) is 5.75 Å². The first-order valence-electron chi connectivity index (χ1n) is 6.79. The zero-order chi connectivity index (χ0) is 12.8. The molecule has 2 unspecified atom stereocenters. The van der Waals surface area contributed by atoms with E-state index in [9.17, 15) is 0 Å². The Morgan fingerprint density at radius 1 is 1.39 bits per heavy atom. The Kier molecular flexibility index (Phi) is 5.02. The van der Waals surface area contributed by atoms with Crippen LogP contribution in [0.5, 0.6) is 5.75 Å². The highest BCUT2D eigenvalue weighted by Gasteiger charge is 2.15. The Hall–Kier alpha value is -1.06. The molecule has 3 nitrogen and oxygen atoms in total. The van der Waals surface area contributed by atoms with Crippen molar-refractivity contribution in [2.75, 3.05) is 19.7 Å². The van der Waals surface area contributed by atoms with Gasteiger partial charge in [-0.3, -0.25) is 0 Å². The smallest absolute Gasteiger partial charge is 0.119 e. The van der Waals surface area contributed by atoms with Gasteiger partial charge in [-0.25, -0.2) is 0 Å². The Morgan fingerprint density at radius 2 is 2.17 bits per heavy atom. The maximum Gasteiger partial charge on any atom is 0.119 e. The van der Waals surface area contributed by atoms with Crippen molar-refractivity contribution in [3.63, 3.8) is 0 Å². The molecule has 1 N–H and O–H groups in total. The lowest BCUT2D eigenvalue weighted by Gasteiger charge is -2.17. The molecule has 0 aliphatic carbocycles. The summed E-state index contributed by atoms with van der Waals surface area (Å²) in [5, 5.41) is 3.41. The van der Waals surface area contributed by atoms with Crippen LogP contribution in [0.2, 0.25) is 0 Å². The second-order valence-corrected chi connectivity index (χ2v) is 5.03. The second kappa shape index (κ2) is 6.76. The summed E-state index contributed by atoms with van der Waals surface area (Å²) in [5.74, 6) is 0.937. The first-order valence-corrected chi connectivity index (χ1v) is 6.79. The molecule has 1 aromatic carbocycles. The Bertz CT molecular complexity index is 344. The summed E-state index contributed by atoms with van der Waals surface area (Å²) in [5.41, 5.74) is 1.26. The summed E-state index contributed by atoms with van der Waals surface area (Å²) in [6.07, 6.45) is 2.95. The fraction of sp³-hybridized carbons (Fsp3) is 0.600. The third kappa shape index (κ3) is 4.31. The molecule has 0 saturated carbocycles. The van der Waals surface area contributed by atoms with Gasteiger partial charge >= 0.3 is 0 Å². The van der Waals surface area contributed by atoms with Crippen LogP contribution in [0.1, 0.15) is 25.3 Å². The molecule has 0 aromatic heterocycles.